The van der Waals surface area contributed by atoms with Crippen molar-refractivity contribution in [3.8, 4) is 11.6 Å². The number of hydrogen-bond acceptors (Lipinski definition) is 5. The van der Waals surface area contributed by atoms with Crippen molar-refractivity contribution < 1.29 is 9.13 Å². The Morgan fingerprint density at radius 3 is 2.74 bits per heavy atom. The van der Waals surface area contributed by atoms with Gasteiger partial charge in [0.25, 0.3) is 0 Å². The van der Waals surface area contributed by atoms with Crippen LogP contribution in [0.3, 0.4) is 0 Å². The van der Waals surface area contributed by atoms with Crippen LogP contribution in [0, 0.1) is 5.82 Å². The molecule has 0 atom stereocenters. The van der Waals surface area contributed by atoms with E-state index in [1.165, 1.54) is 18.3 Å². The average Bonchev–Trinajstić information content (AvgIpc) is 2.42. The molecular formula is C13H9FN4O. The summed E-state index contributed by atoms with van der Waals surface area (Å²) in [6.45, 7) is 0. The summed E-state index contributed by atoms with van der Waals surface area (Å²) in [5.41, 5.74) is 6.89. The highest BCUT2D eigenvalue weighted by atomic mass is 19.1. The molecule has 0 saturated heterocycles. The third-order valence-electron chi connectivity index (χ3n) is 2.48. The topological polar surface area (TPSA) is 73.9 Å². The van der Waals surface area contributed by atoms with Gasteiger partial charge in [0, 0.05) is 30.2 Å². The first-order valence-electron chi connectivity index (χ1n) is 5.53. The summed E-state index contributed by atoms with van der Waals surface area (Å²) in [7, 11) is 0. The Hall–Kier alpha value is -2.76. The molecule has 19 heavy (non-hydrogen) atoms. The zero-order chi connectivity index (χ0) is 13.2. The summed E-state index contributed by atoms with van der Waals surface area (Å²) in [6, 6.07) is 7.51. The predicted molar refractivity (Wildman–Crippen MR) is 68.2 cm³/mol. The monoisotopic (exact) mass is 256 g/mol. The molecule has 0 amide bonds. The van der Waals surface area contributed by atoms with E-state index in [0.717, 1.165) is 0 Å². The second-order valence-electron chi connectivity index (χ2n) is 3.84. The number of anilines is 1. The molecular weight excluding hydrogens is 247 g/mol. The van der Waals surface area contributed by atoms with Crippen LogP contribution in [0.5, 0.6) is 11.6 Å². The number of ether oxygens (including phenoxy) is 1. The van der Waals surface area contributed by atoms with Gasteiger partial charge in [0.05, 0.1) is 0 Å². The minimum Gasteiger partial charge on any atom is -0.436 e. The molecule has 2 N–H and O–H groups in total. The molecule has 0 aliphatic rings. The number of rotatable bonds is 2. The van der Waals surface area contributed by atoms with E-state index in [1.807, 2.05) is 0 Å². The van der Waals surface area contributed by atoms with Crippen LogP contribution in [-0.2, 0) is 0 Å². The highest BCUT2D eigenvalue weighted by molar-refractivity contribution is 5.69. The van der Waals surface area contributed by atoms with E-state index in [-0.39, 0.29) is 11.6 Å². The molecule has 0 spiro atoms. The molecule has 0 radical (unpaired) electrons. The lowest BCUT2D eigenvalue weighted by Crippen LogP contribution is -1.94. The van der Waals surface area contributed by atoms with Gasteiger partial charge in [0.1, 0.15) is 5.52 Å². The Balaban J connectivity index is 1.96. The van der Waals surface area contributed by atoms with Crippen molar-refractivity contribution in [1.82, 2.24) is 15.0 Å². The highest BCUT2D eigenvalue weighted by Gasteiger charge is 2.07. The molecule has 2 heterocycles. The van der Waals surface area contributed by atoms with Gasteiger partial charge in [-0.2, -0.15) is 4.98 Å². The van der Waals surface area contributed by atoms with Crippen molar-refractivity contribution in [3.05, 3.63) is 48.5 Å². The van der Waals surface area contributed by atoms with Gasteiger partial charge in [0.15, 0.2) is 17.2 Å². The van der Waals surface area contributed by atoms with Crippen molar-refractivity contribution in [3.63, 3.8) is 0 Å². The lowest BCUT2D eigenvalue weighted by molar-refractivity contribution is 0.429. The van der Waals surface area contributed by atoms with Gasteiger partial charge >= 0.3 is 0 Å². The van der Waals surface area contributed by atoms with Gasteiger partial charge in [-0.3, -0.25) is 4.98 Å². The van der Waals surface area contributed by atoms with Crippen molar-refractivity contribution in [2.75, 3.05) is 5.73 Å². The SMILES string of the molecule is Nc1ccc(Oc2ccc3nccnc3n2)c(F)c1. The van der Waals surface area contributed by atoms with Gasteiger partial charge in [-0.15, -0.1) is 0 Å². The molecule has 6 heteroatoms. The van der Waals surface area contributed by atoms with Crippen LogP contribution in [-0.4, -0.2) is 15.0 Å². The lowest BCUT2D eigenvalue weighted by atomic mass is 10.3. The summed E-state index contributed by atoms with van der Waals surface area (Å²) < 4.78 is 19.0. The van der Waals surface area contributed by atoms with Crippen molar-refractivity contribution >= 4 is 16.9 Å². The first-order chi connectivity index (χ1) is 9.22. The zero-order valence-corrected chi connectivity index (χ0v) is 9.75. The number of aromatic nitrogens is 3. The fourth-order valence-corrected chi connectivity index (χ4v) is 1.61. The number of nitrogens with zero attached hydrogens (tertiary/aromatic N) is 3. The summed E-state index contributed by atoms with van der Waals surface area (Å²) >= 11 is 0. The largest absolute Gasteiger partial charge is 0.436 e. The number of nitrogens with two attached hydrogens (primary N) is 1. The summed E-state index contributed by atoms with van der Waals surface area (Å²) in [5.74, 6) is -0.234. The van der Waals surface area contributed by atoms with Crippen LogP contribution in [0.4, 0.5) is 10.1 Å². The number of halogens is 1. The van der Waals surface area contributed by atoms with Gasteiger partial charge in [-0.1, -0.05) is 0 Å². The van der Waals surface area contributed by atoms with E-state index in [0.29, 0.717) is 16.9 Å². The van der Waals surface area contributed by atoms with E-state index < -0.39 is 5.82 Å². The van der Waals surface area contributed by atoms with Gasteiger partial charge in [-0.25, -0.2) is 9.37 Å². The molecule has 1 aromatic carbocycles. The number of nitrogen functional groups attached to an aromatic ring is 1. The molecule has 0 fully saturated rings. The molecule has 3 aromatic rings. The van der Waals surface area contributed by atoms with Crippen LogP contribution in [0.2, 0.25) is 0 Å². The Bertz CT molecular complexity index is 748. The maximum absolute atomic E-state index is 13.6. The molecule has 94 valence electrons. The zero-order valence-electron chi connectivity index (χ0n) is 9.75. The number of fused-ring (bicyclic) bond motifs is 1. The molecule has 0 saturated carbocycles. The molecule has 2 aromatic heterocycles. The van der Waals surface area contributed by atoms with Gasteiger partial charge < -0.3 is 10.5 Å². The minimum absolute atomic E-state index is 0.0601. The molecule has 0 aliphatic heterocycles. The smallest absolute Gasteiger partial charge is 0.221 e. The van der Waals surface area contributed by atoms with Crippen molar-refractivity contribution in [1.29, 1.82) is 0 Å². The van der Waals surface area contributed by atoms with E-state index in [4.69, 9.17) is 10.5 Å². The third-order valence-corrected chi connectivity index (χ3v) is 2.48. The first-order valence-corrected chi connectivity index (χ1v) is 5.53. The van der Waals surface area contributed by atoms with Crippen LogP contribution in [0.25, 0.3) is 11.2 Å². The summed E-state index contributed by atoms with van der Waals surface area (Å²) in [5, 5.41) is 0. The predicted octanol–water partition coefficient (Wildman–Crippen LogP) is 2.54. The van der Waals surface area contributed by atoms with Gasteiger partial charge in [0.2, 0.25) is 5.88 Å². The van der Waals surface area contributed by atoms with Crippen LogP contribution < -0.4 is 10.5 Å². The van der Waals surface area contributed by atoms with E-state index >= 15 is 0 Å². The summed E-state index contributed by atoms with van der Waals surface area (Å²) in [6.07, 6.45) is 3.10. The Morgan fingerprint density at radius 2 is 1.89 bits per heavy atom. The van der Waals surface area contributed by atoms with Crippen LogP contribution in [0.1, 0.15) is 0 Å². The van der Waals surface area contributed by atoms with E-state index in [9.17, 15) is 4.39 Å². The van der Waals surface area contributed by atoms with E-state index in [1.54, 1.807) is 24.4 Å². The first kappa shape index (κ1) is 11.3. The van der Waals surface area contributed by atoms with Crippen LogP contribution >= 0.6 is 0 Å². The summed E-state index contributed by atoms with van der Waals surface area (Å²) in [4.78, 5) is 12.3. The quantitative estimate of drug-likeness (QED) is 0.713. The standard InChI is InChI=1S/C13H9FN4O/c14-9-7-8(15)1-3-11(9)19-12-4-2-10-13(18-12)17-6-5-16-10/h1-7H,15H2. The maximum atomic E-state index is 13.6. The van der Waals surface area contributed by atoms with Gasteiger partial charge in [-0.05, 0) is 18.2 Å². The highest BCUT2D eigenvalue weighted by Crippen LogP contribution is 2.25. The molecule has 5 nitrogen and oxygen atoms in total. The fraction of sp³-hybridized carbons (Fsp3) is 0. The second kappa shape index (κ2) is 4.49. The fourth-order valence-electron chi connectivity index (χ4n) is 1.61. The molecule has 3 rings (SSSR count). The molecule has 0 bridgehead atoms. The van der Waals surface area contributed by atoms with E-state index in [2.05, 4.69) is 15.0 Å². The number of pyridine rings is 1. The second-order valence-corrected chi connectivity index (χ2v) is 3.84. The van der Waals surface area contributed by atoms with Crippen molar-refractivity contribution in [2.45, 2.75) is 0 Å². The molecule has 0 aliphatic carbocycles. The Kier molecular flexibility index (Phi) is 2.68. The number of benzene rings is 1. The van der Waals surface area contributed by atoms with Crippen molar-refractivity contribution in [2.24, 2.45) is 0 Å². The maximum Gasteiger partial charge on any atom is 0.221 e. The Morgan fingerprint density at radius 1 is 1.05 bits per heavy atom. The Labute approximate surface area is 107 Å². The number of hydrogen-bond donors (Lipinski definition) is 1. The molecule has 0 unspecified atom stereocenters. The van der Waals surface area contributed by atoms with Crippen LogP contribution in [0.15, 0.2) is 42.7 Å². The lowest BCUT2D eigenvalue weighted by Gasteiger charge is -2.06. The normalized spacial score (nSPS) is 10.6. The minimum atomic E-state index is -0.541. The average molecular weight is 256 g/mol. The third kappa shape index (κ3) is 2.28.